The lowest BCUT2D eigenvalue weighted by Crippen LogP contribution is -2.19. The van der Waals surface area contributed by atoms with Crippen molar-refractivity contribution >= 4 is 33.1 Å². The van der Waals surface area contributed by atoms with Crippen molar-refractivity contribution in [3.05, 3.63) is 63.8 Å². The zero-order chi connectivity index (χ0) is 16.4. The summed E-state index contributed by atoms with van der Waals surface area (Å²) in [5, 5.41) is 2.48. The second kappa shape index (κ2) is 6.29. The Morgan fingerprint density at radius 3 is 2.70 bits per heavy atom. The summed E-state index contributed by atoms with van der Waals surface area (Å²) in [5.41, 5.74) is 0.958. The topological polar surface area (TPSA) is 51.1 Å². The van der Waals surface area contributed by atoms with E-state index >= 15 is 0 Å². The molecule has 0 bridgehead atoms. The smallest absolute Gasteiger partial charge is 0.308 e. The molecule has 0 radical (unpaired) electrons. The highest BCUT2D eigenvalue weighted by Crippen LogP contribution is 2.17. The SMILES string of the molecule is O=C(CCn1c(=O)sc2ccccc21)Nc1ccc(F)c(F)c1. The van der Waals surface area contributed by atoms with Gasteiger partial charge in [0.15, 0.2) is 11.6 Å². The van der Waals surface area contributed by atoms with Crippen molar-refractivity contribution in [3.8, 4) is 0 Å². The number of rotatable bonds is 4. The van der Waals surface area contributed by atoms with Crippen LogP contribution in [0.15, 0.2) is 47.3 Å². The number of fused-ring (bicyclic) bond motifs is 1. The van der Waals surface area contributed by atoms with Gasteiger partial charge in [-0.05, 0) is 24.3 Å². The molecule has 0 aliphatic rings. The molecule has 0 saturated carbocycles. The van der Waals surface area contributed by atoms with E-state index in [0.717, 1.165) is 33.7 Å². The Hall–Kier alpha value is -2.54. The fourth-order valence-corrected chi connectivity index (χ4v) is 3.15. The molecule has 0 aliphatic carbocycles. The summed E-state index contributed by atoms with van der Waals surface area (Å²) in [6.07, 6.45) is 0.0552. The third kappa shape index (κ3) is 3.29. The van der Waals surface area contributed by atoms with Crippen molar-refractivity contribution in [3.63, 3.8) is 0 Å². The molecule has 1 heterocycles. The number of para-hydroxylation sites is 1. The second-order valence-corrected chi connectivity index (χ2v) is 5.91. The van der Waals surface area contributed by atoms with Gasteiger partial charge in [-0.25, -0.2) is 8.78 Å². The van der Waals surface area contributed by atoms with Crippen LogP contribution in [-0.2, 0) is 11.3 Å². The number of thiazole rings is 1. The number of carbonyl (C=O) groups excluding carboxylic acids is 1. The number of amides is 1. The van der Waals surface area contributed by atoms with Gasteiger partial charge >= 0.3 is 4.87 Å². The van der Waals surface area contributed by atoms with Gasteiger partial charge in [-0.2, -0.15) is 0 Å². The number of carbonyl (C=O) groups is 1. The zero-order valence-electron chi connectivity index (χ0n) is 11.9. The molecule has 0 atom stereocenters. The molecule has 118 valence electrons. The standard InChI is InChI=1S/C16H12F2N2O2S/c17-11-6-5-10(9-12(11)18)19-15(21)7-8-20-13-3-1-2-4-14(13)23-16(20)22/h1-6,9H,7-8H2,(H,19,21). The van der Waals surface area contributed by atoms with Crippen LogP contribution in [-0.4, -0.2) is 10.5 Å². The predicted molar refractivity (Wildman–Crippen MR) is 85.7 cm³/mol. The van der Waals surface area contributed by atoms with E-state index in [1.165, 1.54) is 10.6 Å². The lowest BCUT2D eigenvalue weighted by atomic mass is 10.3. The Morgan fingerprint density at radius 2 is 1.91 bits per heavy atom. The Balaban J connectivity index is 1.70. The first-order valence-corrected chi connectivity index (χ1v) is 7.69. The van der Waals surface area contributed by atoms with Crippen LogP contribution < -0.4 is 10.2 Å². The van der Waals surface area contributed by atoms with Crippen LogP contribution in [0.1, 0.15) is 6.42 Å². The van der Waals surface area contributed by atoms with Gasteiger partial charge in [-0.15, -0.1) is 0 Å². The largest absolute Gasteiger partial charge is 0.326 e. The van der Waals surface area contributed by atoms with Crippen LogP contribution in [0, 0.1) is 11.6 Å². The molecule has 0 spiro atoms. The first kappa shape index (κ1) is 15.4. The summed E-state index contributed by atoms with van der Waals surface area (Å²) in [6.45, 7) is 0.221. The van der Waals surface area contributed by atoms with E-state index in [9.17, 15) is 18.4 Å². The summed E-state index contributed by atoms with van der Waals surface area (Å²) < 4.78 is 28.3. The maximum atomic E-state index is 13.1. The summed E-state index contributed by atoms with van der Waals surface area (Å²) in [5.74, 6) is -2.37. The average molecular weight is 334 g/mol. The van der Waals surface area contributed by atoms with Gasteiger partial charge in [0.2, 0.25) is 5.91 Å². The Labute approximate surface area is 134 Å². The van der Waals surface area contributed by atoms with Gasteiger partial charge in [-0.3, -0.25) is 14.2 Å². The summed E-state index contributed by atoms with van der Waals surface area (Å²) >= 11 is 1.12. The number of aromatic nitrogens is 1. The lowest BCUT2D eigenvalue weighted by Gasteiger charge is -2.06. The first-order chi connectivity index (χ1) is 11.0. The zero-order valence-corrected chi connectivity index (χ0v) is 12.7. The molecule has 3 aromatic rings. The van der Waals surface area contributed by atoms with Crippen molar-refractivity contribution in [2.75, 3.05) is 5.32 Å². The Bertz CT molecular complexity index is 933. The van der Waals surface area contributed by atoms with Gasteiger partial charge in [0.1, 0.15) is 0 Å². The number of aryl methyl sites for hydroxylation is 1. The van der Waals surface area contributed by atoms with Crippen LogP contribution >= 0.6 is 11.3 Å². The molecular weight excluding hydrogens is 322 g/mol. The van der Waals surface area contributed by atoms with Gasteiger partial charge in [0.05, 0.1) is 10.2 Å². The van der Waals surface area contributed by atoms with E-state index in [2.05, 4.69) is 5.32 Å². The van der Waals surface area contributed by atoms with Crippen molar-refractivity contribution < 1.29 is 13.6 Å². The molecule has 3 rings (SSSR count). The minimum atomic E-state index is -1.03. The summed E-state index contributed by atoms with van der Waals surface area (Å²) in [7, 11) is 0. The minimum Gasteiger partial charge on any atom is -0.326 e. The normalized spacial score (nSPS) is 10.9. The fraction of sp³-hybridized carbons (Fsp3) is 0.125. The third-order valence-electron chi connectivity index (χ3n) is 3.34. The van der Waals surface area contributed by atoms with Gasteiger partial charge in [0.25, 0.3) is 0 Å². The fourth-order valence-electron chi connectivity index (χ4n) is 2.24. The molecule has 23 heavy (non-hydrogen) atoms. The third-order valence-corrected chi connectivity index (χ3v) is 4.30. The Kier molecular flexibility index (Phi) is 4.20. The minimum absolute atomic E-state index is 0.0552. The number of anilines is 1. The molecule has 1 aromatic heterocycles. The number of halogens is 2. The second-order valence-electron chi connectivity index (χ2n) is 4.91. The average Bonchev–Trinajstić information content (AvgIpc) is 2.84. The van der Waals surface area contributed by atoms with E-state index in [4.69, 9.17) is 0 Å². The molecule has 2 aromatic carbocycles. The molecule has 0 saturated heterocycles. The van der Waals surface area contributed by atoms with Crippen LogP contribution in [0.25, 0.3) is 10.2 Å². The number of hydrogen-bond acceptors (Lipinski definition) is 3. The van der Waals surface area contributed by atoms with Gasteiger partial charge < -0.3 is 5.32 Å². The highest BCUT2D eigenvalue weighted by Gasteiger charge is 2.10. The van der Waals surface area contributed by atoms with Crippen molar-refractivity contribution in [1.29, 1.82) is 0 Å². The molecule has 0 unspecified atom stereocenters. The first-order valence-electron chi connectivity index (χ1n) is 6.88. The van der Waals surface area contributed by atoms with Crippen molar-refractivity contribution in [2.24, 2.45) is 0 Å². The number of benzene rings is 2. The van der Waals surface area contributed by atoms with Crippen LogP contribution in [0.3, 0.4) is 0 Å². The van der Waals surface area contributed by atoms with E-state index in [0.29, 0.717) is 0 Å². The van der Waals surface area contributed by atoms with E-state index in [1.54, 1.807) is 0 Å². The number of nitrogens with zero attached hydrogens (tertiary/aromatic N) is 1. The van der Waals surface area contributed by atoms with E-state index in [-0.39, 0.29) is 29.4 Å². The Morgan fingerprint density at radius 1 is 1.13 bits per heavy atom. The highest BCUT2D eigenvalue weighted by molar-refractivity contribution is 7.16. The van der Waals surface area contributed by atoms with Crippen LogP contribution in [0.5, 0.6) is 0 Å². The maximum Gasteiger partial charge on any atom is 0.308 e. The molecule has 7 heteroatoms. The predicted octanol–water partition coefficient (Wildman–Crippen LogP) is 3.37. The van der Waals surface area contributed by atoms with E-state index < -0.39 is 11.6 Å². The monoisotopic (exact) mass is 334 g/mol. The molecule has 4 nitrogen and oxygen atoms in total. The van der Waals surface area contributed by atoms with E-state index in [1.807, 2.05) is 24.3 Å². The van der Waals surface area contributed by atoms with Crippen molar-refractivity contribution in [2.45, 2.75) is 13.0 Å². The molecular formula is C16H12F2N2O2S. The number of nitrogens with one attached hydrogen (secondary N) is 1. The molecule has 0 fully saturated rings. The number of hydrogen-bond donors (Lipinski definition) is 1. The van der Waals surface area contributed by atoms with Crippen molar-refractivity contribution in [1.82, 2.24) is 4.57 Å². The van der Waals surface area contributed by atoms with Gasteiger partial charge in [0, 0.05) is 24.7 Å². The maximum absolute atomic E-state index is 13.1. The molecule has 1 amide bonds. The van der Waals surface area contributed by atoms with Gasteiger partial charge in [-0.1, -0.05) is 23.5 Å². The molecule has 1 N–H and O–H groups in total. The summed E-state index contributed by atoms with van der Waals surface area (Å²) in [6, 6.07) is 10.5. The lowest BCUT2D eigenvalue weighted by molar-refractivity contribution is -0.116. The highest BCUT2D eigenvalue weighted by atomic mass is 32.1. The quantitative estimate of drug-likeness (QED) is 0.795. The molecule has 0 aliphatic heterocycles. The van der Waals surface area contributed by atoms with Crippen LogP contribution in [0.2, 0.25) is 0 Å². The van der Waals surface area contributed by atoms with Crippen LogP contribution in [0.4, 0.5) is 14.5 Å². The summed E-state index contributed by atoms with van der Waals surface area (Å²) in [4.78, 5) is 23.7.